The summed E-state index contributed by atoms with van der Waals surface area (Å²) in [6.45, 7) is 2.30. The molecule has 0 aromatic heterocycles. The van der Waals surface area contributed by atoms with E-state index >= 15 is 0 Å². The lowest BCUT2D eigenvalue weighted by Crippen LogP contribution is -2.65. The number of hydrogen-bond donors (Lipinski definition) is 2. The van der Waals surface area contributed by atoms with Crippen LogP contribution >= 0.6 is 0 Å². The summed E-state index contributed by atoms with van der Waals surface area (Å²) in [6, 6.07) is 5.46. The van der Waals surface area contributed by atoms with E-state index < -0.39 is 35.4 Å². The molecule has 0 radical (unpaired) electrons. The molecule has 2 aliphatic heterocycles. The monoisotopic (exact) mass is 413 g/mol. The van der Waals surface area contributed by atoms with E-state index in [4.69, 9.17) is 0 Å². The van der Waals surface area contributed by atoms with Gasteiger partial charge in [0.25, 0.3) is 5.91 Å². The zero-order valence-corrected chi connectivity index (χ0v) is 17.1. The molecule has 1 aliphatic carbocycles. The summed E-state index contributed by atoms with van der Waals surface area (Å²) in [7, 11) is 0. The second-order valence-corrected chi connectivity index (χ2v) is 8.84. The highest BCUT2D eigenvalue weighted by Crippen LogP contribution is 2.45. The molecule has 160 valence electrons. The smallest absolute Gasteiger partial charge is 0.329 e. The number of nitrogens with one attached hydrogen (secondary N) is 1. The zero-order chi connectivity index (χ0) is 21.5. The SMILES string of the molecule is Cc1ccc(N2C(=O)N[C@@H]3CCN(C(=O)CC4(CC(=O)O)CCCC4)[C@@H]3C2=O)cc1. The van der Waals surface area contributed by atoms with Gasteiger partial charge < -0.3 is 15.3 Å². The predicted octanol–water partition coefficient (Wildman–Crippen LogP) is 2.45. The number of anilines is 1. The van der Waals surface area contributed by atoms with Crippen molar-refractivity contribution in [2.45, 2.75) is 64.0 Å². The number of nitrogens with zero attached hydrogens (tertiary/aromatic N) is 2. The first kappa shape index (κ1) is 20.4. The Hall–Kier alpha value is -2.90. The Morgan fingerprint density at radius 2 is 1.80 bits per heavy atom. The number of benzene rings is 1. The second-order valence-electron chi connectivity index (χ2n) is 8.84. The Morgan fingerprint density at radius 3 is 2.43 bits per heavy atom. The summed E-state index contributed by atoms with van der Waals surface area (Å²) in [5.74, 6) is -1.49. The molecule has 3 fully saturated rings. The van der Waals surface area contributed by atoms with Gasteiger partial charge in [-0.15, -0.1) is 0 Å². The van der Waals surface area contributed by atoms with Crippen LogP contribution in [0.3, 0.4) is 0 Å². The lowest BCUT2D eigenvalue weighted by atomic mass is 9.79. The highest BCUT2D eigenvalue weighted by atomic mass is 16.4. The van der Waals surface area contributed by atoms with Gasteiger partial charge in [-0.2, -0.15) is 0 Å². The van der Waals surface area contributed by atoms with Gasteiger partial charge in [-0.25, -0.2) is 9.69 Å². The van der Waals surface area contributed by atoms with E-state index in [-0.39, 0.29) is 18.7 Å². The Kier molecular flexibility index (Phi) is 5.26. The minimum Gasteiger partial charge on any atom is -0.481 e. The number of amides is 4. The number of fused-ring (bicyclic) bond motifs is 1. The molecule has 0 bridgehead atoms. The molecule has 1 aromatic rings. The number of carbonyl (C=O) groups is 4. The molecule has 30 heavy (non-hydrogen) atoms. The number of carboxylic acid groups (broad SMARTS) is 1. The summed E-state index contributed by atoms with van der Waals surface area (Å²) < 4.78 is 0. The predicted molar refractivity (Wildman–Crippen MR) is 109 cm³/mol. The van der Waals surface area contributed by atoms with Crippen molar-refractivity contribution < 1.29 is 24.3 Å². The summed E-state index contributed by atoms with van der Waals surface area (Å²) in [4.78, 5) is 53.1. The molecule has 2 saturated heterocycles. The number of urea groups is 1. The van der Waals surface area contributed by atoms with E-state index in [1.165, 1.54) is 0 Å². The van der Waals surface area contributed by atoms with Crippen molar-refractivity contribution in [3.8, 4) is 0 Å². The number of aryl methyl sites for hydroxylation is 1. The summed E-state index contributed by atoms with van der Waals surface area (Å²) in [5, 5.41) is 12.2. The summed E-state index contributed by atoms with van der Waals surface area (Å²) in [5.41, 5.74) is 0.956. The average Bonchev–Trinajstić information content (AvgIpc) is 3.30. The van der Waals surface area contributed by atoms with Crippen LogP contribution in [0.25, 0.3) is 0 Å². The van der Waals surface area contributed by atoms with Crippen LogP contribution in [0.2, 0.25) is 0 Å². The van der Waals surface area contributed by atoms with Gasteiger partial charge in [0.2, 0.25) is 5.91 Å². The molecule has 8 nitrogen and oxygen atoms in total. The maximum atomic E-state index is 13.3. The van der Waals surface area contributed by atoms with Gasteiger partial charge in [0.1, 0.15) is 6.04 Å². The maximum Gasteiger partial charge on any atom is 0.329 e. The maximum absolute atomic E-state index is 13.3. The quantitative estimate of drug-likeness (QED) is 0.771. The Balaban J connectivity index is 1.55. The van der Waals surface area contributed by atoms with Crippen LogP contribution in [0.15, 0.2) is 24.3 Å². The van der Waals surface area contributed by atoms with Crippen molar-refractivity contribution in [2.24, 2.45) is 5.41 Å². The van der Waals surface area contributed by atoms with Gasteiger partial charge in [-0.05, 0) is 43.7 Å². The van der Waals surface area contributed by atoms with Gasteiger partial charge in [0.05, 0.1) is 18.2 Å². The molecular weight excluding hydrogens is 386 g/mol. The molecule has 0 spiro atoms. The summed E-state index contributed by atoms with van der Waals surface area (Å²) >= 11 is 0. The van der Waals surface area contributed by atoms with Crippen LogP contribution in [0.5, 0.6) is 0 Å². The van der Waals surface area contributed by atoms with Crippen LogP contribution in [0.4, 0.5) is 10.5 Å². The molecule has 2 N–H and O–H groups in total. The topological polar surface area (TPSA) is 107 Å². The molecule has 2 atom stereocenters. The lowest BCUT2D eigenvalue weighted by Gasteiger charge is -2.38. The molecule has 4 rings (SSSR count). The third-order valence-electron chi connectivity index (χ3n) is 6.71. The standard InChI is InChI=1S/C22H27N3O5/c1-14-4-6-15(7-5-14)25-20(29)19-16(23-21(25)30)8-11-24(19)17(26)12-22(13-18(27)28)9-2-3-10-22/h4-7,16,19H,2-3,8-13H2,1H3,(H,23,30)(H,27,28)/t16-,19+/m1/s1. The highest BCUT2D eigenvalue weighted by molar-refractivity contribution is 6.19. The van der Waals surface area contributed by atoms with E-state index in [9.17, 15) is 24.3 Å². The van der Waals surface area contributed by atoms with Gasteiger partial charge >= 0.3 is 12.0 Å². The molecule has 1 saturated carbocycles. The lowest BCUT2D eigenvalue weighted by molar-refractivity contribution is -0.143. The highest BCUT2D eigenvalue weighted by Gasteiger charge is 2.51. The number of imide groups is 1. The van der Waals surface area contributed by atoms with E-state index in [1.807, 2.05) is 19.1 Å². The first-order chi connectivity index (χ1) is 14.3. The largest absolute Gasteiger partial charge is 0.481 e. The Labute approximate surface area is 175 Å². The minimum atomic E-state index is -0.893. The third kappa shape index (κ3) is 3.66. The number of hydrogen-bond acceptors (Lipinski definition) is 4. The van der Waals surface area contributed by atoms with Crippen LogP contribution in [0, 0.1) is 12.3 Å². The van der Waals surface area contributed by atoms with Crippen molar-refractivity contribution in [2.75, 3.05) is 11.4 Å². The molecule has 8 heteroatoms. The van der Waals surface area contributed by atoms with Crippen molar-refractivity contribution in [3.63, 3.8) is 0 Å². The molecule has 4 amide bonds. The fourth-order valence-corrected chi connectivity index (χ4v) is 5.21. The number of aliphatic carboxylic acids is 1. The van der Waals surface area contributed by atoms with Crippen LogP contribution in [0.1, 0.15) is 50.5 Å². The second kappa shape index (κ2) is 7.74. The van der Waals surface area contributed by atoms with Gasteiger partial charge in [-0.1, -0.05) is 30.5 Å². The molecule has 3 aliphatic rings. The number of rotatable bonds is 5. The minimum absolute atomic E-state index is 0.0269. The van der Waals surface area contributed by atoms with Crippen molar-refractivity contribution in [1.29, 1.82) is 0 Å². The fourth-order valence-electron chi connectivity index (χ4n) is 5.21. The molecule has 2 heterocycles. The molecule has 0 unspecified atom stereocenters. The third-order valence-corrected chi connectivity index (χ3v) is 6.71. The first-order valence-corrected chi connectivity index (χ1v) is 10.5. The Morgan fingerprint density at radius 1 is 1.13 bits per heavy atom. The van der Waals surface area contributed by atoms with E-state index in [1.54, 1.807) is 17.0 Å². The van der Waals surface area contributed by atoms with Gasteiger partial charge in [0.15, 0.2) is 0 Å². The van der Waals surface area contributed by atoms with Gasteiger partial charge in [-0.3, -0.25) is 14.4 Å². The Bertz CT molecular complexity index is 875. The van der Waals surface area contributed by atoms with Crippen LogP contribution < -0.4 is 10.2 Å². The van der Waals surface area contributed by atoms with Crippen molar-refractivity contribution in [1.82, 2.24) is 10.2 Å². The van der Waals surface area contributed by atoms with Crippen LogP contribution in [-0.2, 0) is 14.4 Å². The summed E-state index contributed by atoms with van der Waals surface area (Å²) in [6.07, 6.45) is 3.89. The van der Waals surface area contributed by atoms with Crippen molar-refractivity contribution >= 4 is 29.5 Å². The molecular formula is C22H27N3O5. The van der Waals surface area contributed by atoms with E-state index in [0.717, 1.165) is 23.3 Å². The zero-order valence-electron chi connectivity index (χ0n) is 17.1. The number of likely N-dealkylation sites (tertiary alicyclic amines) is 1. The van der Waals surface area contributed by atoms with Crippen LogP contribution in [-0.4, -0.2) is 52.4 Å². The molecule has 1 aromatic carbocycles. The number of carboxylic acids is 1. The normalized spacial score (nSPS) is 25.2. The number of carbonyl (C=O) groups excluding carboxylic acids is 3. The van der Waals surface area contributed by atoms with Gasteiger partial charge in [0, 0.05) is 13.0 Å². The fraction of sp³-hybridized carbons (Fsp3) is 0.545. The van der Waals surface area contributed by atoms with Crippen molar-refractivity contribution in [3.05, 3.63) is 29.8 Å². The van der Waals surface area contributed by atoms with E-state index in [2.05, 4.69) is 5.32 Å². The first-order valence-electron chi connectivity index (χ1n) is 10.5. The average molecular weight is 413 g/mol. The van der Waals surface area contributed by atoms with E-state index in [0.29, 0.717) is 31.5 Å².